The molecule has 0 heterocycles. The fourth-order valence-corrected chi connectivity index (χ4v) is 3.86. The number of carbonyl (C=O) groups is 1. The van der Waals surface area contributed by atoms with Gasteiger partial charge in [-0.3, -0.25) is 4.79 Å². The normalized spacial score (nSPS) is 19.1. The highest BCUT2D eigenvalue weighted by Crippen LogP contribution is 2.49. The third-order valence-corrected chi connectivity index (χ3v) is 5.44. The van der Waals surface area contributed by atoms with E-state index in [1.54, 1.807) is 36.2 Å². The molecule has 0 radical (unpaired) electrons. The minimum atomic E-state index is -0.303. The predicted octanol–water partition coefficient (Wildman–Crippen LogP) is 5.32. The average molecular weight is 377 g/mol. The highest BCUT2D eigenvalue weighted by Gasteiger charge is 2.46. The molecule has 3 atom stereocenters. The van der Waals surface area contributed by atoms with E-state index in [2.05, 4.69) is 0 Å². The molecule has 0 aromatic heterocycles. The van der Waals surface area contributed by atoms with Gasteiger partial charge in [-0.1, -0.05) is 54.6 Å². The van der Waals surface area contributed by atoms with E-state index in [1.807, 2.05) is 30.3 Å². The SMILES string of the molecule is CN(C(=O)C1CC1c1ccc(F)cc1)C(c1ccccc1)c1ccc(F)cc1. The van der Waals surface area contributed by atoms with Gasteiger partial charge in [-0.15, -0.1) is 0 Å². The lowest BCUT2D eigenvalue weighted by atomic mass is 9.96. The number of benzene rings is 3. The van der Waals surface area contributed by atoms with Gasteiger partial charge < -0.3 is 4.90 Å². The summed E-state index contributed by atoms with van der Waals surface area (Å²) in [5, 5.41) is 0. The second-order valence-corrected chi connectivity index (χ2v) is 7.31. The molecule has 3 unspecified atom stereocenters. The number of hydrogen-bond donors (Lipinski definition) is 0. The summed E-state index contributed by atoms with van der Waals surface area (Å²) in [5.41, 5.74) is 2.83. The summed E-state index contributed by atoms with van der Waals surface area (Å²) in [5.74, 6) is -0.511. The second kappa shape index (κ2) is 7.55. The monoisotopic (exact) mass is 377 g/mol. The molecular formula is C24H21F2NO. The van der Waals surface area contributed by atoms with Gasteiger partial charge in [-0.05, 0) is 53.3 Å². The van der Waals surface area contributed by atoms with Gasteiger partial charge in [0.1, 0.15) is 11.6 Å². The number of nitrogens with zero attached hydrogens (tertiary/aromatic N) is 1. The Morgan fingerprint density at radius 2 is 1.39 bits per heavy atom. The van der Waals surface area contributed by atoms with E-state index >= 15 is 0 Å². The Hall–Kier alpha value is -3.01. The topological polar surface area (TPSA) is 20.3 Å². The van der Waals surface area contributed by atoms with Crippen LogP contribution in [-0.2, 0) is 4.79 Å². The number of rotatable bonds is 5. The van der Waals surface area contributed by atoms with E-state index in [9.17, 15) is 13.6 Å². The Morgan fingerprint density at radius 1 is 0.857 bits per heavy atom. The molecule has 0 bridgehead atoms. The molecule has 1 saturated carbocycles. The Balaban J connectivity index is 1.59. The zero-order chi connectivity index (χ0) is 19.7. The molecule has 2 nitrogen and oxygen atoms in total. The van der Waals surface area contributed by atoms with Crippen LogP contribution < -0.4 is 0 Å². The molecule has 3 aromatic carbocycles. The maximum absolute atomic E-state index is 13.4. The van der Waals surface area contributed by atoms with Crippen molar-refractivity contribution in [3.8, 4) is 0 Å². The number of halogens is 2. The van der Waals surface area contributed by atoms with Crippen LogP contribution in [0.5, 0.6) is 0 Å². The molecular weight excluding hydrogens is 356 g/mol. The Bertz CT molecular complexity index is 954. The van der Waals surface area contributed by atoms with Crippen LogP contribution in [0.2, 0.25) is 0 Å². The fourth-order valence-electron chi connectivity index (χ4n) is 3.86. The first kappa shape index (κ1) is 18.4. The lowest BCUT2D eigenvalue weighted by Gasteiger charge is -2.29. The van der Waals surface area contributed by atoms with E-state index < -0.39 is 0 Å². The molecule has 28 heavy (non-hydrogen) atoms. The van der Waals surface area contributed by atoms with E-state index in [1.165, 1.54) is 24.3 Å². The smallest absolute Gasteiger partial charge is 0.226 e. The lowest BCUT2D eigenvalue weighted by Crippen LogP contribution is -2.33. The molecule has 4 heteroatoms. The number of amides is 1. The minimum absolute atomic E-state index is 0.0486. The van der Waals surface area contributed by atoms with Crippen LogP contribution in [0.1, 0.15) is 35.1 Å². The quantitative estimate of drug-likeness (QED) is 0.590. The van der Waals surface area contributed by atoms with Crippen LogP contribution in [0.4, 0.5) is 8.78 Å². The van der Waals surface area contributed by atoms with Crippen molar-refractivity contribution in [2.24, 2.45) is 5.92 Å². The first-order chi connectivity index (χ1) is 13.5. The Kier molecular flexibility index (Phi) is 4.95. The van der Waals surface area contributed by atoms with Gasteiger partial charge in [-0.25, -0.2) is 8.78 Å². The van der Waals surface area contributed by atoms with Crippen molar-refractivity contribution in [1.29, 1.82) is 0 Å². The van der Waals surface area contributed by atoms with Crippen LogP contribution in [0.15, 0.2) is 78.9 Å². The van der Waals surface area contributed by atoms with Crippen molar-refractivity contribution in [2.75, 3.05) is 7.05 Å². The van der Waals surface area contributed by atoms with Crippen LogP contribution in [0.3, 0.4) is 0 Å². The van der Waals surface area contributed by atoms with E-state index in [-0.39, 0.29) is 35.4 Å². The second-order valence-electron chi connectivity index (χ2n) is 7.31. The lowest BCUT2D eigenvalue weighted by molar-refractivity contribution is -0.132. The summed E-state index contributed by atoms with van der Waals surface area (Å²) in [7, 11) is 1.80. The number of carbonyl (C=O) groups excluding carboxylic acids is 1. The Morgan fingerprint density at radius 3 is 2.00 bits per heavy atom. The summed E-state index contributed by atoms with van der Waals surface area (Å²) < 4.78 is 26.6. The fraction of sp³-hybridized carbons (Fsp3) is 0.208. The van der Waals surface area contributed by atoms with Crippen molar-refractivity contribution in [2.45, 2.75) is 18.4 Å². The van der Waals surface area contributed by atoms with Gasteiger partial charge >= 0.3 is 0 Å². The van der Waals surface area contributed by atoms with Crippen LogP contribution in [0.25, 0.3) is 0 Å². The standard InChI is InChI=1S/C24H21F2NO/c1-27(24(28)22-15-21(22)16-7-11-19(25)12-8-16)23(17-5-3-2-4-6-17)18-9-13-20(26)14-10-18/h2-14,21-23H,15H2,1H3. The maximum Gasteiger partial charge on any atom is 0.226 e. The van der Waals surface area contributed by atoms with Crippen LogP contribution in [0, 0.1) is 17.6 Å². The van der Waals surface area contributed by atoms with Crippen molar-refractivity contribution in [1.82, 2.24) is 4.90 Å². The van der Waals surface area contributed by atoms with Crippen molar-refractivity contribution < 1.29 is 13.6 Å². The van der Waals surface area contributed by atoms with Gasteiger partial charge in [0.15, 0.2) is 0 Å². The first-order valence-corrected chi connectivity index (χ1v) is 9.37. The molecule has 0 saturated heterocycles. The molecule has 0 N–H and O–H groups in total. The predicted molar refractivity (Wildman–Crippen MR) is 105 cm³/mol. The summed E-state index contributed by atoms with van der Waals surface area (Å²) in [4.78, 5) is 14.9. The molecule has 3 aromatic rings. The summed E-state index contributed by atoms with van der Waals surface area (Å²) >= 11 is 0. The molecule has 4 rings (SSSR count). The van der Waals surface area contributed by atoms with Gasteiger partial charge in [0, 0.05) is 13.0 Å². The summed E-state index contributed by atoms with van der Waals surface area (Å²) in [6, 6.07) is 22.1. The molecule has 1 fully saturated rings. The zero-order valence-electron chi connectivity index (χ0n) is 15.6. The van der Waals surface area contributed by atoms with E-state index in [0.29, 0.717) is 0 Å². The van der Waals surface area contributed by atoms with Crippen molar-refractivity contribution >= 4 is 5.91 Å². The average Bonchev–Trinajstić information content (AvgIpc) is 3.51. The molecule has 0 aliphatic heterocycles. The van der Waals surface area contributed by atoms with Gasteiger partial charge in [0.2, 0.25) is 5.91 Å². The third kappa shape index (κ3) is 3.68. The first-order valence-electron chi connectivity index (χ1n) is 9.37. The largest absolute Gasteiger partial charge is 0.334 e. The maximum atomic E-state index is 13.4. The summed E-state index contributed by atoms with van der Waals surface area (Å²) in [6.45, 7) is 0. The molecule has 1 aliphatic carbocycles. The number of hydrogen-bond acceptors (Lipinski definition) is 1. The van der Waals surface area contributed by atoms with E-state index in [4.69, 9.17) is 0 Å². The van der Waals surface area contributed by atoms with Crippen LogP contribution in [-0.4, -0.2) is 17.9 Å². The molecule has 1 amide bonds. The highest BCUT2D eigenvalue weighted by molar-refractivity contribution is 5.83. The molecule has 142 valence electrons. The highest BCUT2D eigenvalue weighted by atomic mass is 19.1. The van der Waals surface area contributed by atoms with Crippen molar-refractivity contribution in [3.05, 3.63) is 107 Å². The van der Waals surface area contributed by atoms with Gasteiger partial charge in [0.25, 0.3) is 0 Å². The Labute approximate surface area is 163 Å². The minimum Gasteiger partial charge on any atom is -0.334 e. The van der Waals surface area contributed by atoms with Crippen molar-refractivity contribution in [3.63, 3.8) is 0 Å². The zero-order valence-corrected chi connectivity index (χ0v) is 15.6. The van der Waals surface area contributed by atoms with Crippen LogP contribution >= 0.6 is 0 Å². The van der Waals surface area contributed by atoms with Gasteiger partial charge in [0.05, 0.1) is 6.04 Å². The van der Waals surface area contributed by atoms with E-state index in [0.717, 1.165) is 23.1 Å². The molecule has 0 spiro atoms. The third-order valence-electron chi connectivity index (χ3n) is 5.44. The summed E-state index contributed by atoms with van der Waals surface area (Å²) in [6.07, 6.45) is 0.764. The van der Waals surface area contributed by atoms with Gasteiger partial charge in [-0.2, -0.15) is 0 Å². The molecule has 1 aliphatic rings.